The van der Waals surface area contributed by atoms with Gasteiger partial charge in [-0.1, -0.05) is 62.6 Å². The van der Waals surface area contributed by atoms with Gasteiger partial charge >= 0.3 is 5.97 Å². The average Bonchev–Trinajstić information content (AvgIpc) is 3.67. The van der Waals surface area contributed by atoms with Gasteiger partial charge in [0.25, 0.3) is 17.7 Å². The van der Waals surface area contributed by atoms with Gasteiger partial charge in [0.15, 0.2) is 0 Å². The Morgan fingerprint density at radius 3 is 2.35 bits per heavy atom. The van der Waals surface area contributed by atoms with Crippen LogP contribution in [0.4, 0.5) is 5.69 Å². The molecule has 0 bridgehead atoms. The number of hydrogen-bond donors (Lipinski definition) is 4. The van der Waals surface area contributed by atoms with Crippen molar-refractivity contribution in [2.24, 2.45) is 10.5 Å². The molecule has 3 heterocycles. The van der Waals surface area contributed by atoms with Crippen LogP contribution in [0.3, 0.4) is 0 Å². The van der Waals surface area contributed by atoms with E-state index in [2.05, 4.69) is 42.3 Å². The average molecular weight is 884 g/mol. The molecular formula is C43H57N5O9S3. The number of carbonyl (C=O) groups excluding carboxylic acids is 4. The molecule has 60 heavy (non-hydrogen) atoms. The molecule has 0 radical (unpaired) electrons. The summed E-state index contributed by atoms with van der Waals surface area (Å²) in [5.41, 5.74) is 7.29. The molecule has 1 unspecified atom stereocenters. The quantitative estimate of drug-likeness (QED) is 0.0285. The number of hydrazone groups is 1. The Bertz CT molecular complexity index is 1910. The van der Waals surface area contributed by atoms with Crippen molar-refractivity contribution in [1.29, 1.82) is 0 Å². The lowest BCUT2D eigenvalue weighted by atomic mass is 9.76. The van der Waals surface area contributed by atoms with E-state index < -0.39 is 28.6 Å². The summed E-state index contributed by atoms with van der Waals surface area (Å²) in [7, 11) is 2.98. The van der Waals surface area contributed by atoms with Crippen molar-refractivity contribution in [2.75, 3.05) is 37.1 Å². The largest absolute Gasteiger partial charge is 0.344 e. The normalized spacial score (nSPS) is 20.7. The van der Waals surface area contributed by atoms with Crippen LogP contribution in [0.15, 0.2) is 99.8 Å². The van der Waals surface area contributed by atoms with E-state index in [1.807, 2.05) is 60.7 Å². The molecule has 17 heteroatoms. The van der Waals surface area contributed by atoms with E-state index in [0.717, 1.165) is 88.0 Å². The van der Waals surface area contributed by atoms with Gasteiger partial charge < -0.3 is 23.4 Å². The van der Waals surface area contributed by atoms with Crippen LogP contribution in [0.5, 0.6) is 0 Å². The van der Waals surface area contributed by atoms with Crippen LogP contribution in [-0.4, -0.2) is 85.4 Å². The molecule has 0 saturated carbocycles. The fourth-order valence-corrected chi connectivity index (χ4v) is 8.16. The fraction of sp³-hybridized carbons (Fsp3) is 0.465. The highest BCUT2D eigenvalue weighted by molar-refractivity contribution is 7.94. The summed E-state index contributed by atoms with van der Waals surface area (Å²) in [6, 6.07) is 5.95. The first-order chi connectivity index (χ1) is 28.8. The second-order valence-electron chi connectivity index (χ2n) is 15.2. The van der Waals surface area contributed by atoms with Crippen LogP contribution in [0.2, 0.25) is 0 Å². The number of amides is 3. The van der Waals surface area contributed by atoms with Gasteiger partial charge in [0.1, 0.15) is 0 Å². The summed E-state index contributed by atoms with van der Waals surface area (Å²) >= 11 is 2.31. The predicted molar refractivity (Wildman–Crippen MR) is 240 cm³/mol. The van der Waals surface area contributed by atoms with Gasteiger partial charge in [-0.3, -0.25) is 24.6 Å². The molecule has 1 aromatic carbocycles. The Hall–Kier alpha value is -4.10. The molecule has 14 nitrogen and oxygen atoms in total. The highest BCUT2D eigenvalue weighted by Crippen LogP contribution is 2.51. The van der Waals surface area contributed by atoms with Crippen molar-refractivity contribution in [1.82, 2.24) is 15.6 Å². The molecule has 3 aliphatic heterocycles. The predicted octanol–water partition coefficient (Wildman–Crippen LogP) is 8.84. The smallest absolute Gasteiger partial charge is 0.333 e. The number of allylic oxidation sites excluding steroid dienone is 9. The van der Waals surface area contributed by atoms with Crippen LogP contribution in [0.1, 0.15) is 90.5 Å². The van der Waals surface area contributed by atoms with Crippen molar-refractivity contribution in [3.8, 4) is 0 Å². The number of rotatable bonds is 22. The van der Waals surface area contributed by atoms with E-state index in [1.165, 1.54) is 7.11 Å². The van der Waals surface area contributed by atoms with Crippen LogP contribution in [-0.2, 0) is 34.3 Å². The number of hydrogen-bond acceptors (Lipinski definition) is 15. The molecule has 1 fully saturated rings. The number of fused-ring (bicyclic) bond motifs is 1. The lowest BCUT2D eigenvalue weighted by Crippen LogP contribution is -2.32. The first kappa shape index (κ1) is 48.6. The zero-order valence-corrected chi connectivity index (χ0v) is 37.4. The molecule has 0 aromatic heterocycles. The Morgan fingerprint density at radius 1 is 0.950 bits per heavy atom. The number of imide groups is 1. The monoisotopic (exact) mass is 883 g/mol. The third-order valence-electron chi connectivity index (χ3n) is 10.8. The standard InChI is InChI=1S/C43H57N5O9S3/c1-42(2)32(16-14-26-58-53)28-31(41(52)46(4)56-5)30-44-45-36(42)17-10-7-6-8-11-18-37-43(3,24-13-9-12-19-40(51)57-48-38(49)22-23-39(48)50)34-29-33(60-55)20-21-35(34)47(37)25-15-27-59-54/h6-8,10-11,17-18,20-21,28-30,44,53-55H,9,12-16,19,22-27H2,1-5H3/b7-6+,11-8+,17-10+,31-30?,32-28?,37-18+,45-36-. The summed E-state index contributed by atoms with van der Waals surface area (Å²) in [5, 5.41) is 6.36. The number of hydroxylamine groups is 4. The van der Waals surface area contributed by atoms with Crippen molar-refractivity contribution in [3.63, 3.8) is 0 Å². The maximum Gasteiger partial charge on any atom is 0.333 e. The molecule has 4 rings (SSSR count). The number of unbranched alkanes of at least 4 members (excludes halogenated alkanes) is 2. The molecule has 326 valence electrons. The van der Waals surface area contributed by atoms with Gasteiger partial charge in [0.05, 0.1) is 18.4 Å². The Morgan fingerprint density at radius 2 is 1.65 bits per heavy atom. The highest BCUT2D eigenvalue weighted by atomic mass is 32.2. The topological polar surface area (TPSA) is 182 Å². The zero-order chi connectivity index (χ0) is 43.7. The zero-order valence-electron chi connectivity index (χ0n) is 34.9. The SMILES string of the molecule is CON(C)C(=O)C1=CN/N=C(/C=C/C=C/C=C/C=C2/N(CCCSO)c3ccc(SO)cc3C2(C)CCCCCC(=O)ON2C(=O)CCC2=O)C(C)(C)C(CCCSO)=C1. The number of benzene rings is 1. The molecule has 0 aliphatic carbocycles. The van der Waals surface area contributed by atoms with Crippen LogP contribution in [0.25, 0.3) is 0 Å². The van der Waals surface area contributed by atoms with E-state index in [0.29, 0.717) is 60.0 Å². The third kappa shape index (κ3) is 12.7. The minimum Gasteiger partial charge on any atom is -0.344 e. The second-order valence-corrected chi connectivity index (χ2v) is 17.2. The number of anilines is 1. The second kappa shape index (κ2) is 23.8. The molecule has 1 atom stereocenters. The van der Waals surface area contributed by atoms with E-state index in [9.17, 15) is 32.8 Å². The van der Waals surface area contributed by atoms with Crippen molar-refractivity contribution in [3.05, 3.63) is 95.4 Å². The Kier molecular flexibility index (Phi) is 19.2. The van der Waals surface area contributed by atoms with Crippen LogP contribution < -0.4 is 10.3 Å². The summed E-state index contributed by atoms with van der Waals surface area (Å²) < 4.78 is 28.8. The molecular weight excluding hydrogens is 827 g/mol. The lowest BCUT2D eigenvalue weighted by Gasteiger charge is -2.30. The first-order valence-corrected chi connectivity index (χ1v) is 22.6. The molecule has 1 saturated heterocycles. The summed E-state index contributed by atoms with van der Waals surface area (Å²) in [4.78, 5) is 62.2. The van der Waals surface area contributed by atoms with Crippen molar-refractivity contribution >= 4 is 71.2 Å². The van der Waals surface area contributed by atoms with Gasteiger partial charge in [0, 0.05) is 89.7 Å². The van der Waals surface area contributed by atoms with Gasteiger partial charge in [-0.2, -0.15) is 5.10 Å². The summed E-state index contributed by atoms with van der Waals surface area (Å²) in [5.74, 6) is -0.779. The minimum absolute atomic E-state index is 0.0505. The number of carbonyl (C=O) groups is 4. The number of nitrogens with zero attached hydrogens (tertiary/aromatic N) is 4. The summed E-state index contributed by atoms with van der Waals surface area (Å²) in [6.45, 7) is 6.97. The molecule has 0 spiro atoms. The van der Waals surface area contributed by atoms with Gasteiger partial charge in [-0.25, -0.2) is 9.86 Å². The Labute approximate surface area is 366 Å². The first-order valence-electron chi connectivity index (χ1n) is 19.9. The highest BCUT2D eigenvalue weighted by Gasteiger charge is 2.43. The molecule has 4 N–H and O–H groups in total. The van der Waals surface area contributed by atoms with Crippen molar-refractivity contribution < 1.29 is 42.5 Å². The third-order valence-corrected chi connectivity index (χ3v) is 12.2. The number of likely N-dealkylation sites (N-methyl/N-ethyl adjacent to an activating group) is 1. The Balaban J connectivity index is 1.52. The lowest BCUT2D eigenvalue weighted by molar-refractivity contribution is -0.197. The number of nitrogens with one attached hydrogen (secondary N) is 1. The van der Waals surface area contributed by atoms with Gasteiger partial charge in [-0.15, -0.1) is 5.06 Å². The van der Waals surface area contributed by atoms with Gasteiger partial charge in [0.2, 0.25) is 0 Å². The fourth-order valence-electron chi connectivity index (χ4n) is 7.33. The maximum absolute atomic E-state index is 13.0. The van der Waals surface area contributed by atoms with Crippen LogP contribution in [0, 0.1) is 5.41 Å². The van der Waals surface area contributed by atoms with Crippen LogP contribution >= 0.6 is 36.1 Å². The molecule has 1 aromatic rings. The summed E-state index contributed by atoms with van der Waals surface area (Å²) in [6.07, 6.45) is 22.2. The minimum atomic E-state index is -0.606. The van der Waals surface area contributed by atoms with E-state index in [-0.39, 0.29) is 25.2 Å². The van der Waals surface area contributed by atoms with E-state index in [1.54, 1.807) is 13.2 Å². The van der Waals surface area contributed by atoms with E-state index >= 15 is 0 Å². The molecule has 3 amide bonds. The van der Waals surface area contributed by atoms with Crippen molar-refractivity contribution in [2.45, 2.75) is 95.3 Å². The molecule has 3 aliphatic rings. The van der Waals surface area contributed by atoms with Gasteiger partial charge in [-0.05, 0) is 105 Å². The maximum atomic E-state index is 13.0. The van der Waals surface area contributed by atoms with E-state index in [4.69, 9.17) is 9.68 Å².